The molecule has 0 aliphatic carbocycles. The van der Waals surface area contributed by atoms with Gasteiger partial charge in [0.05, 0.1) is 8.07 Å². The molecule has 3 rings (SSSR count). The third-order valence-corrected chi connectivity index (χ3v) is 8.14. The van der Waals surface area contributed by atoms with E-state index in [1.54, 1.807) is 10.8 Å². The van der Waals surface area contributed by atoms with Crippen molar-refractivity contribution in [3.05, 3.63) is 52.1 Å². The number of aryl methyl sites for hydroxylation is 4. The number of hydrogen-bond donors (Lipinski definition) is 0. The van der Waals surface area contributed by atoms with Crippen LogP contribution in [-0.2, 0) is 6.04 Å². The van der Waals surface area contributed by atoms with E-state index in [1.807, 2.05) is 0 Å². The van der Waals surface area contributed by atoms with Crippen molar-refractivity contribution in [3.63, 3.8) is 0 Å². The first kappa shape index (κ1) is 13.6. The molecule has 0 nitrogen and oxygen atoms in total. The molecule has 0 unspecified atom stereocenters. The smallest absolute Gasteiger partial charge is 0.0652 e. The molecule has 0 N–H and O–H groups in total. The fraction of sp³-hybridized carbons (Fsp3) is 0.368. The second-order valence-electron chi connectivity index (χ2n) is 7.14. The summed E-state index contributed by atoms with van der Waals surface area (Å²) in [4.78, 5) is 0. The summed E-state index contributed by atoms with van der Waals surface area (Å²) in [6.07, 6.45) is 0. The van der Waals surface area contributed by atoms with Gasteiger partial charge in [-0.2, -0.15) is 0 Å². The van der Waals surface area contributed by atoms with Gasteiger partial charge in [0.25, 0.3) is 0 Å². The minimum absolute atomic E-state index is 1.28. The summed E-state index contributed by atoms with van der Waals surface area (Å²) < 4.78 is 0. The second kappa shape index (κ2) is 4.32. The molecule has 1 aliphatic rings. The molecular weight excluding hydrogens is 256 g/mol. The highest BCUT2D eigenvalue weighted by molar-refractivity contribution is 6.90. The van der Waals surface area contributed by atoms with Gasteiger partial charge in [0.2, 0.25) is 0 Å². The summed E-state index contributed by atoms with van der Waals surface area (Å²) in [5.74, 6) is 0. The lowest BCUT2D eigenvalue weighted by Crippen LogP contribution is -2.48. The second-order valence-corrected chi connectivity index (χ2v) is 11.8. The number of fused-ring (bicyclic) bond motifs is 3. The molecule has 0 aromatic heterocycles. The van der Waals surface area contributed by atoms with Crippen LogP contribution in [0.2, 0.25) is 13.1 Å². The Balaban J connectivity index is 2.36. The summed E-state index contributed by atoms with van der Waals surface area (Å²) in [5, 5.41) is 1.65. The molecule has 0 bridgehead atoms. The third kappa shape index (κ3) is 1.96. The van der Waals surface area contributed by atoms with E-state index in [-0.39, 0.29) is 0 Å². The monoisotopic (exact) mass is 280 g/mol. The van der Waals surface area contributed by atoms with Crippen LogP contribution in [0.1, 0.15) is 27.8 Å². The molecular formula is C19H24Si. The Kier molecular flexibility index (Phi) is 2.95. The van der Waals surface area contributed by atoms with Crippen molar-refractivity contribution in [1.29, 1.82) is 0 Å². The standard InChI is InChI=1S/C19H24Si/c1-12-7-16-11-20(5,6)19-10-15(4)14(3)9-18(19)17(16)8-13(12)2/h7-10H,11H2,1-6H3. The zero-order valence-electron chi connectivity index (χ0n) is 13.5. The van der Waals surface area contributed by atoms with E-state index in [0.717, 1.165) is 0 Å². The summed E-state index contributed by atoms with van der Waals surface area (Å²) in [7, 11) is -1.36. The molecule has 0 atom stereocenters. The molecule has 20 heavy (non-hydrogen) atoms. The van der Waals surface area contributed by atoms with Crippen LogP contribution in [0.25, 0.3) is 11.1 Å². The lowest BCUT2D eigenvalue weighted by molar-refractivity contribution is 1.23. The van der Waals surface area contributed by atoms with Crippen LogP contribution in [0.15, 0.2) is 24.3 Å². The quantitative estimate of drug-likeness (QED) is 0.619. The summed E-state index contributed by atoms with van der Waals surface area (Å²) in [6.45, 7) is 14.0. The van der Waals surface area contributed by atoms with Crippen LogP contribution < -0.4 is 5.19 Å². The molecule has 0 saturated heterocycles. The van der Waals surface area contributed by atoms with Crippen molar-refractivity contribution in [3.8, 4) is 11.1 Å². The highest BCUT2D eigenvalue weighted by atomic mass is 28.3. The molecule has 0 amide bonds. The molecule has 0 fully saturated rings. The van der Waals surface area contributed by atoms with Crippen molar-refractivity contribution in [2.75, 3.05) is 0 Å². The number of benzene rings is 2. The molecule has 0 spiro atoms. The van der Waals surface area contributed by atoms with Crippen LogP contribution in [-0.4, -0.2) is 8.07 Å². The molecule has 1 aliphatic heterocycles. The van der Waals surface area contributed by atoms with E-state index in [4.69, 9.17) is 0 Å². The van der Waals surface area contributed by atoms with Crippen molar-refractivity contribution < 1.29 is 0 Å². The Morgan fingerprint density at radius 3 is 1.85 bits per heavy atom. The maximum absolute atomic E-state index is 2.51. The van der Waals surface area contributed by atoms with Crippen molar-refractivity contribution in [2.24, 2.45) is 0 Å². The Morgan fingerprint density at radius 2 is 1.20 bits per heavy atom. The van der Waals surface area contributed by atoms with Crippen molar-refractivity contribution in [1.82, 2.24) is 0 Å². The van der Waals surface area contributed by atoms with Gasteiger partial charge in [-0.05, 0) is 72.7 Å². The first-order valence-electron chi connectivity index (χ1n) is 7.52. The molecule has 2 aromatic rings. The normalized spacial score (nSPS) is 15.7. The van der Waals surface area contributed by atoms with Crippen LogP contribution in [0.4, 0.5) is 0 Å². The van der Waals surface area contributed by atoms with Crippen LogP contribution in [0.5, 0.6) is 0 Å². The Labute approximate surface area is 123 Å². The van der Waals surface area contributed by atoms with Crippen LogP contribution in [0.3, 0.4) is 0 Å². The predicted octanol–water partition coefficient (Wildman–Crippen LogP) is 4.60. The Bertz CT molecular complexity index is 708. The highest BCUT2D eigenvalue weighted by Gasteiger charge is 2.33. The summed E-state index contributed by atoms with van der Waals surface area (Å²) in [6, 6.07) is 11.0. The fourth-order valence-electron chi connectivity index (χ4n) is 3.44. The Hall–Kier alpha value is -1.34. The average molecular weight is 280 g/mol. The van der Waals surface area contributed by atoms with Gasteiger partial charge in [-0.1, -0.05) is 42.5 Å². The molecule has 1 heteroatoms. The van der Waals surface area contributed by atoms with Gasteiger partial charge < -0.3 is 0 Å². The zero-order valence-corrected chi connectivity index (χ0v) is 14.5. The van der Waals surface area contributed by atoms with Crippen molar-refractivity contribution in [2.45, 2.75) is 46.8 Å². The molecule has 0 radical (unpaired) electrons. The van der Waals surface area contributed by atoms with Gasteiger partial charge in [0.15, 0.2) is 0 Å². The predicted molar refractivity (Wildman–Crippen MR) is 91.6 cm³/mol. The molecule has 104 valence electrons. The van der Waals surface area contributed by atoms with E-state index in [0.29, 0.717) is 0 Å². The van der Waals surface area contributed by atoms with Gasteiger partial charge >= 0.3 is 0 Å². The third-order valence-electron chi connectivity index (χ3n) is 5.01. The van der Waals surface area contributed by atoms with Gasteiger partial charge in [-0.25, -0.2) is 0 Å². The van der Waals surface area contributed by atoms with E-state index in [2.05, 4.69) is 65.1 Å². The van der Waals surface area contributed by atoms with Gasteiger partial charge in [-0.3, -0.25) is 0 Å². The van der Waals surface area contributed by atoms with Gasteiger partial charge in [0.1, 0.15) is 0 Å². The van der Waals surface area contributed by atoms with E-state index in [9.17, 15) is 0 Å². The molecule has 2 aromatic carbocycles. The molecule has 0 saturated carbocycles. The van der Waals surface area contributed by atoms with E-state index < -0.39 is 8.07 Å². The average Bonchev–Trinajstić information content (AvgIpc) is 2.34. The molecule has 1 heterocycles. The van der Waals surface area contributed by atoms with Gasteiger partial charge in [-0.15, -0.1) is 0 Å². The summed E-state index contributed by atoms with van der Waals surface area (Å²) in [5.41, 5.74) is 10.3. The maximum atomic E-state index is 2.51. The first-order chi connectivity index (χ1) is 9.29. The van der Waals surface area contributed by atoms with Crippen molar-refractivity contribution >= 4 is 13.3 Å². The van der Waals surface area contributed by atoms with E-state index >= 15 is 0 Å². The largest absolute Gasteiger partial charge is 0.0857 e. The number of hydrogen-bond acceptors (Lipinski definition) is 0. The Morgan fingerprint density at radius 1 is 0.700 bits per heavy atom. The minimum Gasteiger partial charge on any atom is -0.0652 e. The topological polar surface area (TPSA) is 0 Å². The maximum Gasteiger partial charge on any atom is 0.0857 e. The lowest BCUT2D eigenvalue weighted by atomic mass is 9.93. The number of rotatable bonds is 0. The SMILES string of the molecule is Cc1cc2c(cc1C)-c1cc(C)c(C)cc1[Si](C)(C)C2. The summed E-state index contributed by atoms with van der Waals surface area (Å²) >= 11 is 0. The zero-order chi connectivity index (χ0) is 14.7. The highest BCUT2D eigenvalue weighted by Crippen LogP contribution is 2.35. The van der Waals surface area contributed by atoms with E-state index in [1.165, 1.54) is 39.4 Å². The van der Waals surface area contributed by atoms with Crippen LogP contribution >= 0.6 is 0 Å². The minimum atomic E-state index is -1.36. The van der Waals surface area contributed by atoms with Gasteiger partial charge in [0, 0.05) is 0 Å². The van der Waals surface area contributed by atoms with Crippen LogP contribution in [0, 0.1) is 27.7 Å². The first-order valence-corrected chi connectivity index (χ1v) is 10.7. The fourth-order valence-corrected chi connectivity index (χ4v) is 6.42. The lowest BCUT2D eigenvalue weighted by Gasteiger charge is -2.34.